The Bertz CT molecular complexity index is 193. The van der Waals surface area contributed by atoms with Crippen molar-refractivity contribution in [3.63, 3.8) is 0 Å². The Labute approximate surface area is 88.4 Å². The first-order chi connectivity index (χ1) is 6.49. The lowest BCUT2D eigenvalue weighted by atomic mass is 9.72. The van der Waals surface area contributed by atoms with Crippen LogP contribution >= 0.6 is 0 Å². The highest BCUT2D eigenvalue weighted by Gasteiger charge is 2.38. The molecule has 0 unspecified atom stereocenters. The second-order valence-electron chi connectivity index (χ2n) is 6.51. The number of hydrogen-bond donors (Lipinski definition) is 1. The van der Waals surface area contributed by atoms with Gasteiger partial charge in [0.1, 0.15) is 0 Å². The molecule has 0 heterocycles. The Hall–Kier alpha value is -0.0400. The number of nitrogens with two attached hydrogens (primary N) is 1. The molecule has 0 amide bonds. The molecule has 2 aliphatic carbocycles. The van der Waals surface area contributed by atoms with Crippen molar-refractivity contribution in [3.05, 3.63) is 0 Å². The third kappa shape index (κ3) is 2.73. The molecule has 82 valence electrons. The molecule has 1 heteroatoms. The summed E-state index contributed by atoms with van der Waals surface area (Å²) in [5, 5.41) is 0. The Morgan fingerprint density at radius 1 is 1.07 bits per heavy atom. The molecule has 0 aliphatic heterocycles. The second-order valence-corrected chi connectivity index (χ2v) is 6.51. The molecule has 0 aromatic rings. The van der Waals surface area contributed by atoms with Crippen molar-refractivity contribution in [2.24, 2.45) is 17.1 Å². The number of rotatable bonds is 3. The molecular weight excluding hydrogens is 170 g/mol. The van der Waals surface area contributed by atoms with Gasteiger partial charge in [-0.05, 0) is 62.7 Å². The summed E-state index contributed by atoms with van der Waals surface area (Å²) in [4.78, 5) is 0. The molecule has 2 aliphatic rings. The van der Waals surface area contributed by atoms with Crippen molar-refractivity contribution in [2.45, 2.75) is 70.8 Å². The third-order valence-electron chi connectivity index (χ3n) is 4.40. The molecule has 0 spiro atoms. The average Bonchev–Trinajstić information content (AvgIpc) is 2.83. The second kappa shape index (κ2) is 3.52. The van der Waals surface area contributed by atoms with Gasteiger partial charge < -0.3 is 5.73 Å². The summed E-state index contributed by atoms with van der Waals surface area (Å²) in [6.45, 7) is 4.82. The van der Waals surface area contributed by atoms with Crippen LogP contribution in [0.5, 0.6) is 0 Å². The van der Waals surface area contributed by atoms with E-state index >= 15 is 0 Å². The largest absolute Gasteiger partial charge is 0.325 e. The van der Waals surface area contributed by atoms with Gasteiger partial charge >= 0.3 is 0 Å². The summed E-state index contributed by atoms with van der Waals surface area (Å²) in [7, 11) is 0. The van der Waals surface area contributed by atoms with Gasteiger partial charge in [-0.2, -0.15) is 0 Å². The molecule has 0 radical (unpaired) electrons. The predicted octanol–water partition coefficient (Wildman–Crippen LogP) is 3.47. The van der Waals surface area contributed by atoms with E-state index in [0.717, 1.165) is 5.92 Å². The normalized spacial score (nSPS) is 30.2. The third-order valence-corrected chi connectivity index (χ3v) is 4.40. The smallest absolute Gasteiger partial charge is 0.0155 e. The minimum Gasteiger partial charge on any atom is -0.325 e. The highest BCUT2D eigenvalue weighted by atomic mass is 14.8. The molecular formula is C13H25N. The molecule has 0 aromatic carbocycles. The average molecular weight is 195 g/mol. The Morgan fingerprint density at radius 3 is 2.14 bits per heavy atom. The van der Waals surface area contributed by atoms with E-state index in [0.29, 0.717) is 5.41 Å². The molecule has 1 nitrogen and oxygen atoms in total. The lowest BCUT2D eigenvalue weighted by Gasteiger charge is -2.34. The number of hydrogen-bond acceptors (Lipinski definition) is 1. The van der Waals surface area contributed by atoms with Crippen LogP contribution < -0.4 is 5.73 Å². The molecule has 2 saturated carbocycles. The van der Waals surface area contributed by atoms with Crippen LogP contribution in [-0.2, 0) is 0 Å². The van der Waals surface area contributed by atoms with E-state index in [4.69, 9.17) is 5.73 Å². The highest BCUT2D eigenvalue weighted by molar-refractivity contribution is 4.98. The van der Waals surface area contributed by atoms with Crippen molar-refractivity contribution in [2.75, 3.05) is 0 Å². The Balaban J connectivity index is 1.68. The van der Waals surface area contributed by atoms with E-state index in [9.17, 15) is 0 Å². The zero-order valence-electron chi connectivity index (χ0n) is 9.81. The van der Waals surface area contributed by atoms with E-state index < -0.39 is 0 Å². The van der Waals surface area contributed by atoms with Gasteiger partial charge in [0.25, 0.3) is 0 Å². The first-order valence-electron chi connectivity index (χ1n) is 6.28. The predicted molar refractivity (Wildman–Crippen MR) is 61.1 cm³/mol. The van der Waals surface area contributed by atoms with Crippen molar-refractivity contribution in [3.8, 4) is 0 Å². The van der Waals surface area contributed by atoms with Gasteiger partial charge in [0, 0.05) is 5.54 Å². The minimum atomic E-state index is 0.285. The summed E-state index contributed by atoms with van der Waals surface area (Å²) < 4.78 is 0. The van der Waals surface area contributed by atoms with Crippen molar-refractivity contribution >= 4 is 0 Å². The van der Waals surface area contributed by atoms with E-state index in [1.807, 2.05) is 0 Å². The summed E-state index contributed by atoms with van der Waals surface area (Å²) in [6, 6.07) is 0. The SMILES string of the molecule is CC1(C)CCC(CCC2(N)CC2)CC1. The van der Waals surface area contributed by atoms with E-state index in [2.05, 4.69) is 13.8 Å². The molecule has 0 bridgehead atoms. The molecule has 2 rings (SSSR count). The van der Waals surface area contributed by atoms with Crippen LogP contribution in [0.3, 0.4) is 0 Å². The van der Waals surface area contributed by atoms with Crippen molar-refractivity contribution in [1.82, 2.24) is 0 Å². The van der Waals surface area contributed by atoms with Crippen LogP contribution in [0.1, 0.15) is 65.2 Å². The van der Waals surface area contributed by atoms with Crippen LogP contribution in [0.4, 0.5) is 0 Å². The Morgan fingerprint density at radius 2 is 1.64 bits per heavy atom. The van der Waals surface area contributed by atoms with Crippen LogP contribution in [0.2, 0.25) is 0 Å². The molecule has 14 heavy (non-hydrogen) atoms. The van der Waals surface area contributed by atoms with Gasteiger partial charge in [0.2, 0.25) is 0 Å². The van der Waals surface area contributed by atoms with Gasteiger partial charge in [-0.1, -0.05) is 13.8 Å². The fraction of sp³-hybridized carbons (Fsp3) is 1.00. The first kappa shape index (κ1) is 10.5. The van der Waals surface area contributed by atoms with E-state index in [-0.39, 0.29) is 5.54 Å². The first-order valence-corrected chi connectivity index (χ1v) is 6.28. The van der Waals surface area contributed by atoms with Gasteiger partial charge in [0.05, 0.1) is 0 Å². The van der Waals surface area contributed by atoms with Gasteiger partial charge in [0.15, 0.2) is 0 Å². The van der Waals surface area contributed by atoms with Gasteiger partial charge in [-0.3, -0.25) is 0 Å². The van der Waals surface area contributed by atoms with Gasteiger partial charge in [-0.25, -0.2) is 0 Å². The topological polar surface area (TPSA) is 26.0 Å². The monoisotopic (exact) mass is 195 g/mol. The van der Waals surface area contributed by atoms with Crippen LogP contribution in [-0.4, -0.2) is 5.54 Å². The van der Waals surface area contributed by atoms with Crippen molar-refractivity contribution < 1.29 is 0 Å². The summed E-state index contributed by atoms with van der Waals surface area (Å²) in [6.07, 6.45) is 11.0. The van der Waals surface area contributed by atoms with E-state index in [1.165, 1.54) is 51.4 Å². The summed E-state index contributed by atoms with van der Waals surface area (Å²) in [5.41, 5.74) is 7.02. The lowest BCUT2D eigenvalue weighted by molar-refractivity contribution is 0.181. The maximum Gasteiger partial charge on any atom is 0.0155 e. The fourth-order valence-electron chi connectivity index (χ4n) is 2.65. The Kier molecular flexibility index (Phi) is 2.63. The zero-order valence-corrected chi connectivity index (χ0v) is 9.81. The maximum atomic E-state index is 6.12. The minimum absolute atomic E-state index is 0.285. The standard InChI is InChI=1S/C13H25N/c1-12(2)6-3-11(4-7-12)5-8-13(14)9-10-13/h11H,3-10,14H2,1-2H3. The van der Waals surface area contributed by atoms with Crippen molar-refractivity contribution in [1.29, 1.82) is 0 Å². The zero-order chi connectivity index (χ0) is 10.2. The molecule has 0 aromatic heterocycles. The summed E-state index contributed by atoms with van der Waals surface area (Å²) >= 11 is 0. The molecule has 0 saturated heterocycles. The summed E-state index contributed by atoms with van der Waals surface area (Å²) in [5.74, 6) is 0.990. The lowest BCUT2D eigenvalue weighted by Crippen LogP contribution is -2.25. The van der Waals surface area contributed by atoms with Crippen LogP contribution in [0.25, 0.3) is 0 Å². The fourth-order valence-corrected chi connectivity index (χ4v) is 2.65. The quantitative estimate of drug-likeness (QED) is 0.733. The molecule has 2 fully saturated rings. The van der Waals surface area contributed by atoms with Gasteiger partial charge in [-0.15, -0.1) is 0 Å². The van der Waals surface area contributed by atoms with Crippen LogP contribution in [0.15, 0.2) is 0 Å². The molecule has 0 atom stereocenters. The van der Waals surface area contributed by atoms with Crippen LogP contribution in [0, 0.1) is 11.3 Å². The highest BCUT2D eigenvalue weighted by Crippen LogP contribution is 2.43. The molecule has 2 N–H and O–H groups in total. The van der Waals surface area contributed by atoms with E-state index in [1.54, 1.807) is 0 Å². The maximum absolute atomic E-state index is 6.12.